The summed E-state index contributed by atoms with van der Waals surface area (Å²) in [5, 5.41) is 12.3. The van der Waals surface area contributed by atoms with Gasteiger partial charge in [-0.25, -0.2) is 0 Å². The van der Waals surface area contributed by atoms with Gasteiger partial charge in [0.1, 0.15) is 5.75 Å². The maximum Gasteiger partial charge on any atom is 0.252 e. The molecule has 108 valence electrons. The number of carbonyl (C=O) groups is 2. The molecule has 5 nitrogen and oxygen atoms in total. The summed E-state index contributed by atoms with van der Waals surface area (Å²) in [6.07, 6.45) is 2.39. The maximum absolute atomic E-state index is 11.9. The summed E-state index contributed by atoms with van der Waals surface area (Å²) < 4.78 is 0. The molecule has 2 amide bonds. The lowest BCUT2D eigenvalue weighted by molar-refractivity contribution is -0.129. The minimum absolute atomic E-state index is 0.0207. The number of hydrogen-bond donors (Lipinski definition) is 2. The van der Waals surface area contributed by atoms with E-state index in [2.05, 4.69) is 5.32 Å². The second-order valence-corrected chi connectivity index (χ2v) is 5.17. The maximum atomic E-state index is 11.9. The number of amides is 2. The van der Waals surface area contributed by atoms with Crippen LogP contribution in [0.4, 0.5) is 0 Å². The molecule has 1 aliphatic heterocycles. The summed E-state index contributed by atoms with van der Waals surface area (Å²) in [6.45, 7) is 1.89. The molecular formula is C14H17ClN2O3. The van der Waals surface area contributed by atoms with Crippen molar-refractivity contribution in [3.63, 3.8) is 0 Å². The van der Waals surface area contributed by atoms with Crippen molar-refractivity contribution in [1.29, 1.82) is 0 Å². The topological polar surface area (TPSA) is 69.6 Å². The van der Waals surface area contributed by atoms with Crippen LogP contribution >= 0.6 is 11.6 Å². The number of hydrogen-bond acceptors (Lipinski definition) is 3. The van der Waals surface area contributed by atoms with Gasteiger partial charge in [0, 0.05) is 26.1 Å². The molecule has 1 aliphatic rings. The van der Waals surface area contributed by atoms with E-state index in [9.17, 15) is 14.7 Å². The van der Waals surface area contributed by atoms with Crippen molar-refractivity contribution >= 4 is 23.4 Å². The fourth-order valence-electron chi connectivity index (χ4n) is 2.19. The van der Waals surface area contributed by atoms with Gasteiger partial charge < -0.3 is 15.3 Å². The molecule has 1 aromatic rings. The number of halogens is 1. The van der Waals surface area contributed by atoms with E-state index in [-0.39, 0.29) is 41.1 Å². The molecule has 1 heterocycles. The van der Waals surface area contributed by atoms with Gasteiger partial charge in [0.05, 0.1) is 10.6 Å². The van der Waals surface area contributed by atoms with E-state index in [0.717, 1.165) is 25.9 Å². The summed E-state index contributed by atoms with van der Waals surface area (Å²) in [5.41, 5.74) is 0.209. The van der Waals surface area contributed by atoms with Gasteiger partial charge in [-0.1, -0.05) is 11.6 Å². The molecule has 0 radical (unpaired) electrons. The summed E-state index contributed by atoms with van der Waals surface area (Å²) in [7, 11) is 0. The predicted molar refractivity (Wildman–Crippen MR) is 75.9 cm³/mol. The first-order valence-electron chi connectivity index (χ1n) is 6.62. The van der Waals surface area contributed by atoms with Crippen molar-refractivity contribution in [1.82, 2.24) is 10.2 Å². The van der Waals surface area contributed by atoms with Crippen molar-refractivity contribution in [3.05, 3.63) is 28.8 Å². The number of phenols is 1. The first kappa shape index (κ1) is 14.7. The fourth-order valence-corrected chi connectivity index (χ4v) is 2.39. The first-order chi connectivity index (χ1) is 9.58. The van der Waals surface area contributed by atoms with Crippen LogP contribution in [0.15, 0.2) is 18.2 Å². The molecule has 6 heteroatoms. The molecule has 0 atom stereocenters. The van der Waals surface area contributed by atoms with Gasteiger partial charge in [-0.15, -0.1) is 0 Å². The average molecular weight is 297 g/mol. The summed E-state index contributed by atoms with van der Waals surface area (Å²) in [5.74, 6) is -0.349. The number of aromatic hydroxyl groups is 1. The number of carbonyl (C=O) groups excluding carboxylic acids is 2. The SMILES string of the molecule is O=C(NCCC(=O)N1CCCC1)c1cc(O)ccc1Cl. The van der Waals surface area contributed by atoms with Crippen LogP contribution in [0.5, 0.6) is 5.75 Å². The smallest absolute Gasteiger partial charge is 0.252 e. The minimum Gasteiger partial charge on any atom is -0.508 e. The molecule has 0 spiro atoms. The van der Waals surface area contributed by atoms with Crippen LogP contribution in [-0.2, 0) is 4.79 Å². The Balaban J connectivity index is 1.83. The minimum atomic E-state index is -0.389. The Labute approximate surface area is 122 Å². The number of benzene rings is 1. The Bertz CT molecular complexity index is 513. The van der Waals surface area contributed by atoms with Gasteiger partial charge in [-0.05, 0) is 31.0 Å². The number of rotatable bonds is 4. The van der Waals surface area contributed by atoms with Crippen LogP contribution in [0.1, 0.15) is 29.6 Å². The molecule has 0 aromatic heterocycles. The third-order valence-electron chi connectivity index (χ3n) is 3.28. The highest BCUT2D eigenvalue weighted by molar-refractivity contribution is 6.33. The van der Waals surface area contributed by atoms with Crippen molar-refractivity contribution in [3.8, 4) is 5.75 Å². The molecule has 0 unspecified atom stereocenters. The molecule has 1 aromatic carbocycles. The fraction of sp³-hybridized carbons (Fsp3) is 0.429. The zero-order valence-corrected chi connectivity index (χ0v) is 11.8. The predicted octanol–water partition coefficient (Wildman–Crippen LogP) is 1.79. The average Bonchev–Trinajstić information content (AvgIpc) is 2.95. The van der Waals surface area contributed by atoms with Gasteiger partial charge in [-0.3, -0.25) is 9.59 Å². The standard InChI is InChI=1S/C14H17ClN2O3/c15-12-4-3-10(18)9-11(12)14(20)16-6-5-13(19)17-7-1-2-8-17/h3-4,9,18H,1-2,5-8H2,(H,16,20). The van der Waals surface area contributed by atoms with E-state index >= 15 is 0 Å². The van der Waals surface area contributed by atoms with Gasteiger partial charge >= 0.3 is 0 Å². The second kappa shape index (κ2) is 6.61. The van der Waals surface area contributed by atoms with Crippen LogP contribution in [0.3, 0.4) is 0 Å². The van der Waals surface area contributed by atoms with E-state index in [0.29, 0.717) is 0 Å². The normalized spacial score (nSPS) is 14.3. The molecule has 2 rings (SSSR count). The van der Waals surface area contributed by atoms with Gasteiger partial charge in [-0.2, -0.15) is 0 Å². The summed E-state index contributed by atoms with van der Waals surface area (Å²) in [6, 6.07) is 4.18. The van der Waals surface area contributed by atoms with Crippen molar-refractivity contribution in [2.24, 2.45) is 0 Å². The lowest BCUT2D eigenvalue weighted by atomic mass is 10.2. The van der Waals surface area contributed by atoms with E-state index in [1.807, 2.05) is 4.90 Å². The highest BCUT2D eigenvalue weighted by Gasteiger charge is 2.18. The van der Waals surface area contributed by atoms with Crippen LogP contribution < -0.4 is 5.32 Å². The third kappa shape index (κ3) is 3.63. The number of likely N-dealkylation sites (tertiary alicyclic amines) is 1. The molecule has 1 fully saturated rings. The molecule has 2 N–H and O–H groups in total. The Morgan fingerprint density at radius 1 is 1.30 bits per heavy atom. The van der Waals surface area contributed by atoms with E-state index < -0.39 is 0 Å². The van der Waals surface area contributed by atoms with E-state index in [1.165, 1.54) is 18.2 Å². The molecule has 20 heavy (non-hydrogen) atoms. The Hall–Kier alpha value is -1.75. The Kier molecular flexibility index (Phi) is 4.84. The zero-order valence-electron chi connectivity index (χ0n) is 11.1. The molecular weight excluding hydrogens is 280 g/mol. The number of phenolic OH excluding ortho intramolecular Hbond substituents is 1. The molecule has 0 bridgehead atoms. The van der Waals surface area contributed by atoms with Gasteiger partial charge in [0.25, 0.3) is 5.91 Å². The monoisotopic (exact) mass is 296 g/mol. The van der Waals surface area contributed by atoms with Crippen molar-refractivity contribution in [2.75, 3.05) is 19.6 Å². The van der Waals surface area contributed by atoms with E-state index in [4.69, 9.17) is 11.6 Å². The quantitative estimate of drug-likeness (QED) is 0.890. The summed E-state index contributed by atoms with van der Waals surface area (Å²) >= 11 is 5.89. The highest BCUT2D eigenvalue weighted by Crippen LogP contribution is 2.20. The van der Waals surface area contributed by atoms with Crippen LogP contribution in [0.25, 0.3) is 0 Å². The van der Waals surface area contributed by atoms with Crippen LogP contribution in [-0.4, -0.2) is 41.5 Å². The molecule has 0 saturated carbocycles. The largest absolute Gasteiger partial charge is 0.508 e. The molecule has 0 aliphatic carbocycles. The third-order valence-corrected chi connectivity index (χ3v) is 3.61. The van der Waals surface area contributed by atoms with Crippen molar-refractivity contribution in [2.45, 2.75) is 19.3 Å². The lowest BCUT2D eigenvalue weighted by Gasteiger charge is -2.15. The van der Waals surface area contributed by atoms with Crippen molar-refractivity contribution < 1.29 is 14.7 Å². The lowest BCUT2D eigenvalue weighted by Crippen LogP contribution is -2.32. The zero-order chi connectivity index (χ0) is 14.5. The number of nitrogens with zero attached hydrogens (tertiary/aromatic N) is 1. The van der Waals surface area contributed by atoms with Gasteiger partial charge in [0.15, 0.2) is 0 Å². The van der Waals surface area contributed by atoms with Gasteiger partial charge in [0.2, 0.25) is 5.91 Å². The van der Waals surface area contributed by atoms with Crippen LogP contribution in [0.2, 0.25) is 5.02 Å². The second-order valence-electron chi connectivity index (χ2n) is 4.76. The Morgan fingerprint density at radius 2 is 2.00 bits per heavy atom. The summed E-state index contributed by atoms with van der Waals surface area (Å²) in [4.78, 5) is 25.5. The Morgan fingerprint density at radius 3 is 2.70 bits per heavy atom. The number of nitrogens with one attached hydrogen (secondary N) is 1. The highest BCUT2D eigenvalue weighted by atomic mass is 35.5. The van der Waals surface area contributed by atoms with Crippen LogP contribution in [0, 0.1) is 0 Å². The van der Waals surface area contributed by atoms with E-state index in [1.54, 1.807) is 0 Å². The first-order valence-corrected chi connectivity index (χ1v) is 7.00. The molecule has 1 saturated heterocycles.